The Kier molecular flexibility index (Phi) is 8.24. The van der Waals surface area contributed by atoms with Crippen LogP contribution in [0.25, 0.3) is 17.0 Å². The molecule has 2 heterocycles. The second-order valence-corrected chi connectivity index (χ2v) is 7.66. The normalized spacial score (nSPS) is 10.7. The van der Waals surface area contributed by atoms with Crippen LogP contribution in [-0.4, -0.2) is 66.3 Å². The lowest BCUT2D eigenvalue weighted by Gasteiger charge is -2.12. The molecule has 4 aromatic rings. The van der Waals surface area contributed by atoms with Crippen LogP contribution < -0.4 is 29.0 Å². The summed E-state index contributed by atoms with van der Waals surface area (Å²) >= 11 is 0. The van der Waals surface area contributed by atoms with Crippen LogP contribution in [0.15, 0.2) is 48.5 Å². The van der Waals surface area contributed by atoms with Gasteiger partial charge in [0.05, 0.1) is 39.5 Å². The van der Waals surface area contributed by atoms with Crippen LogP contribution in [0.5, 0.6) is 28.9 Å². The number of rotatable bonds is 12. The third-order valence-electron chi connectivity index (χ3n) is 5.33. The van der Waals surface area contributed by atoms with E-state index in [4.69, 9.17) is 23.7 Å². The molecular formula is C26H29N5O6. The van der Waals surface area contributed by atoms with Crippen LogP contribution >= 0.6 is 0 Å². The number of ether oxygens (including phenoxy) is 5. The molecule has 11 nitrogen and oxygen atoms in total. The summed E-state index contributed by atoms with van der Waals surface area (Å²) < 4.78 is 29.3. The summed E-state index contributed by atoms with van der Waals surface area (Å²) in [6.07, 6.45) is 0. The number of hydrogen-bond donors (Lipinski definition) is 1. The summed E-state index contributed by atoms with van der Waals surface area (Å²) in [6, 6.07) is 13.9. The van der Waals surface area contributed by atoms with E-state index in [1.165, 1.54) is 0 Å². The van der Waals surface area contributed by atoms with E-state index in [0.29, 0.717) is 64.7 Å². The summed E-state index contributed by atoms with van der Waals surface area (Å²) in [5.41, 5.74) is 1.72. The minimum absolute atomic E-state index is 0.211. The van der Waals surface area contributed by atoms with E-state index >= 15 is 0 Å². The molecule has 194 valence electrons. The lowest BCUT2D eigenvalue weighted by atomic mass is 10.2. The molecule has 2 aromatic heterocycles. The zero-order valence-corrected chi connectivity index (χ0v) is 21.2. The highest BCUT2D eigenvalue weighted by Gasteiger charge is 2.16. The van der Waals surface area contributed by atoms with E-state index in [1.54, 1.807) is 55.1 Å². The summed E-state index contributed by atoms with van der Waals surface area (Å²) in [4.78, 5) is 12.6. The van der Waals surface area contributed by atoms with Crippen molar-refractivity contribution >= 4 is 11.6 Å². The van der Waals surface area contributed by atoms with Crippen molar-refractivity contribution in [2.45, 2.75) is 13.8 Å². The van der Waals surface area contributed by atoms with Gasteiger partial charge in [-0.15, -0.1) is 15.3 Å². The largest absolute Gasteiger partial charge is 0.497 e. The number of hydrogen-bond acceptors (Lipinski definition) is 9. The van der Waals surface area contributed by atoms with Crippen LogP contribution in [0, 0.1) is 0 Å². The van der Waals surface area contributed by atoms with Gasteiger partial charge in [0, 0.05) is 17.7 Å². The van der Waals surface area contributed by atoms with Crippen molar-refractivity contribution in [1.29, 1.82) is 0 Å². The van der Waals surface area contributed by atoms with Crippen molar-refractivity contribution in [1.82, 2.24) is 25.1 Å². The number of carbonyl (C=O) groups is 1. The summed E-state index contributed by atoms with van der Waals surface area (Å²) in [7, 11) is 3.16. The van der Waals surface area contributed by atoms with E-state index in [-0.39, 0.29) is 19.1 Å². The molecule has 2 aromatic carbocycles. The summed E-state index contributed by atoms with van der Waals surface area (Å²) in [5.74, 6) is 2.97. The van der Waals surface area contributed by atoms with E-state index in [9.17, 15) is 4.79 Å². The van der Waals surface area contributed by atoms with Gasteiger partial charge in [-0.3, -0.25) is 4.79 Å². The molecular weight excluding hydrogens is 478 g/mol. The molecule has 37 heavy (non-hydrogen) atoms. The SMILES string of the molecule is CCOc1ccc(C(=O)NCCOc2ccc3nnc(-c4ccc(OC)cc4OC)n3n2)cc1OCC. The fraction of sp³-hybridized carbons (Fsp3) is 0.308. The Hall–Kier alpha value is -4.54. The van der Waals surface area contributed by atoms with Gasteiger partial charge in [-0.25, -0.2) is 0 Å². The highest BCUT2D eigenvalue weighted by atomic mass is 16.5. The monoisotopic (exact) mass is 507 g/mol. The fourth-order valence-corrected chi connectivity index (χ4v) is 3.61. The van der Waals surface area contributed by atoms with Crippen molar-refractivity contribution in [3.63, 3.8) is 0 Å². The number of aromatic nitrogens is 4. The maximum absolute atomic E-state index is 12.6. The molecule has 11 heteroatoms. The van der Waals surface area contributed by atoms with Gasteiger partial charge in [0.15, 0.2) is 23.0 Å². The van der Waals surface area contributed by atoms with Gasteiger partial charge in [0.1, 0.15) is 18.1 Å². The Labute approximate surface area is 214 Å². The predicted molar refractivity (Wildman–Crippen MR) is 136 cm³/mol. The average molecular weight is 508 g/mol. The van der Waals surface area contributed by atoms with Crippen molar-refractivity contribution in [2.75, 3.05) is 40.6 Å². The first-order chi connectivity index (χ1) is 18.1. The molecule has 0 aliphatic carbocycles. The third-order valence-corrected chi connectivity index (χ3v) is 5.33. The van der Waals surface area contributed by atoms with Gasteiger partial charge in [-0.2, -0.15) is 4.52 Å². The highest BCUT2D eigenvalue weighted by molar-refractivity contribution is 5.94. The molecule has 0 fully saturated rings. The van der Waals surface area contributed by atoms with Gasteiger partial charge < -0.3 is 29.0 Å². The summed E-state index contributed by atoms with van der Waals surface area (Å²) in [6.45, 7) is 5.23. The smallest absolute Gasteiger partial charge is 0.251 e. The third kappa shape index (κ3) is 5.83. The van der Waals surface area contributed by atoms with Crippen molar-refractivity contribution in [3.8, 4) is 40.3 Å². The van der Waals surface area contributed by atoms with Crippen molar-refractivity contribution in [3.05, 3.63) is 54.1 Å². The first kappa shape index (κ1) is 25.5. The second kappa shape index (κ2) is 11.9. The zero-order chi connectivity index (χ0) is 26.2. The fourth-order valence-electron chi connectivity index (χ4n) is 3.61. The van der Waals surface area contributed by atoms with Gasteiger partial charge in [-0.05, 0) is 50.2 Å². The number of methoxy groups -OCH3 is 2. The van der Waals surface area contributed by atoms with Crippen LogP contribution in [-0.2, 0) is 0 Å². The standard InChI is InChI=1S/C26H29N5O6/c1-5-35-20-10-7-17(15-22(20)36-6-2)26(32)27-13-14-37-24-12-11-23-28-29-25(31(23)30-24)19-9-8-18(33-3)16-21(19)34-4/h7-12,15-16H,5-6,13-14H2,1-4H3,(H,27,32). The molecule has 0 saturated carbocycles. The second-order valence-electron chi connectivity index (χ2n) is 7.66. The Morgan fingerprint density at radius 1 is 0.865 bits per heavy atom. The van der Waals surface area contributed by atoms with Crippen LogP contribution in [0.4, 0.5) is 0 Å². The molecule has 0 spiro atoms. The molecule has 0 unspecified atom stereocenters. The van der Waals surface area contributed by atoms with Gasteiger partial charge in [-0.1, -0.05) is 0 Å². The maximum atomic E-state index is 12.6. The van der Waals surface area contributed by atoms with Crippen LogP contribution in [0.1, 0.15) is 24.2 Å². The number of benzene rings is 2. The van der Waals surface area contributed by atoms with Crippen LogP contribution in [0.3, 0.4) is 0 Å². The Morgan fingerprint density at radius 3 is 2.43 bits per heavy atom. The van der Waals surface area contributed by atoms with E-state index in [2.05, 4.69) is 20.6 Å². The lowest BCUT2D eigenvalue weighted by Crippen LogP contribution is -2.28. The minimum Gasteiger partial charge on any atom is -0.497 e. The van der Waals surface area contributed by atoms with Gasteiger partial charge >= 0.3 is 0 Å². The molecule has 1 amide bonds. The van der Waals surface area contributed by atoms with E-state index < -0.39 is 0 Å². The van der Waals surface area contributed by atoms with Crippen molar-refractivity contribution < 1.29 is 28.5 Å². The van der Waals surface area contributed by atoms with Gasteiger partial charge in [0.2, 0.25) is 5.88 Å². The zero-order valence-electron chi connectivity index (χ0n) is 21.2. The molecule has 4 rings (SSSR count). The Morgan fingerprint density at radius 2 is 1.68 bits per heavy atom. The first-order valence-corrected chi connectivity index (χ1v) is 11.8. The predicted octanol–water partition coefficient (Wildman–Crippen LogP) is 3.41. The lowest BCUT2D eigenvalue weighted by molar-refractivity contribution is 0.0946. The molecule has 0 aliphatic rings. The number of nitrogens with one attached hydrogen (secondary N) is 1. The van der Waals surface area contributed by atoms with Crippen LogP contribution in [0.2, 0.25) is 0 Å². The number of fused-ring (bicyclic) bond motifs is 1. The molecule has 1 N–H and O–H groups in total. The minimum atomic E-state index is -0.247. The first-order valence-electron chi connectivity index (χ1n) is 11.8. The molecule has 0 saturated heterocycles. The highest BCUT2D eigenvalue weighted by Crippen LogP contribution is 2.32. The maximum Gasteiger partial charge on any atom is 0.251 e. The number of amides is 1. The average Bonchev–Trinajstić information content (AvgIpc) is 3.34. The van der Waals surface area contributed by atoms with E-state index in [1.807, 2.05) is 26.0 Å². The molecule has 0 atom stereocenters. The Bertz CT molecular complexity index is 1370. The molecule has 0 radical (unpaired) electrons. The van der Waals surface area contributed by atoms with Gasteiger partial charge in [0.25, 0.3) is 5.91 Å². The number of carbonyl (C=O) groups excluding carboxylic acids is 1. The van der Waals surface area contributed by atoms with E-state index in [0.717, 1.165) is 0 Å². The van der Waals surface area contributed by atoms with Crippen molar-refractivity contribution in [2.24, 2.45) is 0 Å². The topological polar surface area (TPSA) is 118 Å². The molecule has 0 bridgehead atoms. The number of nitrogens with zero attached hydrogens (tertiary/aromatic N) is 4. The quantitative estimate of drug-likeness (QED) is 0.288. The molecule has 0 aliphatic heterocycles. The summed E-state index contributed by atoms with van der Waals surface area (Å²) in [5, 5.41) is 15.8. The Balaban J connectivity index is 1.41.